The number of esters is 2. The van der Waals surface area contributed by atoms with Gasteiger partial charge in [0, 0.05) is 24.3 Å². The van der Waals surface area contributed by atoms with Crippen LogP contribution in [0.2, 0.25) is 0 Å². The van der Waals surface area contributed by atoms with Crippen LogP contribution in [0.25, 0.3) is 0 Å². The molecule has 0 amide bonds. The lowest BCUT2D eigenvalue weighted by molar-refractivity contribution is -0.362. The van der Waals surface area contributed by atoms with Crippen LogP contribution in [0.15, 0.2) is 84.5 Å². The molecule has 3 N–H and O–H groups in total. The predicted molar refractivity (Wildman–Crippen MR) is 239 cm³/mol. The van der Waals surface area contributed by atoms with Gasteiger partial charge in [0.25, 0.3) is 0 Å². The average molecular weight is 835 g/mol. The quantitative estimate of drug-likeness (QED) is 0.121. The Morgan fingerprint density at radius 2 is 1.51 bits per heavy atom. The van der Waals surface area contributed by atoms with Crippen LogP contribution in [0.4, 0.5) is 0 Å². The van der Waals surface area contributed by atoms with Gasteiger partial charge in [-0.2, -0.15) is 0 Å². The Kier molecular flexibility index (Phi) is 12.6. The maximum Gasteiger partial charge on any atom is 0.331 e. The summed E-state index contributed by atoms with van der Waals surface area (Å²) >= 11 is 0. The zero-order valence-corrected chi connectivity index (χ0v) is 37.6. The normalized spacial score (nSPS) is 39.7. The summed E-state index contributed by atoms with van der Waals surface area (Å²) in [5.74, 6) is 0.118. The first-order valence-electron chi connectivity index (χ1n) is 24.1. The van der Waals surface area contributed by atoms with Crippen LogP contribution in [-0.2, 0) is 31.9 Å². The van der Waals surface area contributed by atoms with Gasteiger partial charge in [0.1, 0.15) is 12.7 Å². The Hall–Kier alpha value is -3.26. The van der Waals surface area contributed by atoms with Crippen molar-refractivity contribution in [3.8, 4) is 0 Å². The number of hydrogen-bond acceptors (Lipinski definition) is 7. The van der Waals surface area contributed by atoms with Crippen LogP contribution in [0.1, 0.15) is 148 Å². The third-order valence-electron chi connectivity index (χ3n) is 18.1. The van der Waals surface area contributed by atoms with E-state index in [2.05, 4.69) is 68.4 Å². The number of carbonyl (C=O) groups excluding carboxylic acids is 2. The Morgan fingerprint density at radius 3 is 2.16 bits per heavy atom. The molecule has 5 aliphatic carbocycles. The molecular formula is C54H74O7. The maximum atomic E-state index is 14.0. The van der Waals surface area contributed by atoms with Crippen molar-refractivity contribution in [1.29, 1.82) is 0 Å². The second-order valence-electron chi connectivity index (χ2n) is 21.6. The standard InChI is InChI=1S/C54H74O7/c1-38(12-11-17-40-13-7-5-8-14-40)20-30-52(58)33-32-49(3)36-45(61-39(2)55)48-50(4,26-25-46(56)54(48,52)53(49,59)31-22-43-34-47(57)60-37-43)44-23-28-51(29-24-44)27-21-42(35-51)19-18-41-15-9-6-10-16-41/h5-10,13-16,32-34,38,42,44-46,48,56,58-59H,11-12,17-31,35-37H2,1-4H3/t38-,42+,44?,45-,46+,48+,49+,50+,51?,52-,53-,54+/m1/s1. The van der Waals surface area contributed by atoms with Gasteiger partial charge in [-0.1, -0.05) is 100 Å². The highest BCUT2D eigenvalue weighted by molar-refractivity contribution is 5.85. The number of aliphatic hydroxyl groups is 3. The monoisotopic (exact) mass is 835 g/mol. The molecule has 2 aromatic rings. The SMILES string of the molecule is CC(=O)O[C@@H]1C[C@]2(C)C=C[C@](O)(CC[C@H](C)CCCc3ccccc3)[C@]3([C@@H]1[C@](C)(C1CCC4(CC1)CC[C@H](CCc1ccccc1)C4)CC[C@@H]3O)[C@@]2(O)CCC1=CC(=O)OC1. The minimum atomic E-state index is -1.58. The average Bonchev–Trinajstić information content (AvgIpc) is 3.86. The number of benzene rings is 2. The Balaban J connectivity index is 1.11. The van der Waals surface area contributed by atoms with Crippen LogP contribution < -0.4 is 0 Å². The van der Waals surface area contributed by atoms with Gasteiger partial charge in [-0.05, 0) is 161 Å². The molecule has 0 saturated heterocycles. The van der Waals surface area contributed by atoms with Crippen LogP contribution >= 0.6 is 0 Å². The Bertz CT molecular complexity index is 1920. The molecule has 10 atom stereocenters. The molecule has 8 rings (SSSR count). The van der Waals surface area contributed by atoms with Crippen molar-refractivity contribution in [1.82, 2.24) is 0 Å². The number of aliphatic hydroxyl groups excluding tert-OH is 1. The van der Waals surface area contributed by atoms with Crippen LogP contribution in [0.3, 0.4) is 0 Å². The summed E-state index contributed by atoms with van der Waals surface area (Å²) in [7, 11) is 0. The van der Waals surface area contributed by atoms with Gasteiger partial charge in [-0.25, -0.2) is 4.79 Å². The number of ether oxygens (including phenoxy) is 2. The second-order valence-corrected chi connectivity index (χ2v) is 21.6. The zero-order chi connectivity index (χ0) is 43.1. The highest BCUT2D eigenvalue weighted by Crippen LogP contribution is 2.76. The van der Waals surface area contributed by atoms with E-state index >= 15 is 0 Å². The van der Waals surface area contributed by atoms with Crippen molar-refractivity contribution in [3.63, 3.8) is 0 Å². The van der Waals surface area contributed by atoms with Gasteiger partial charge >= 0.3 is 11.9 Å². The van der Waals surface area contributed by atoms with Crippen molar-refractivity contribution in [2.75, 3.05) is 6.61 Å². The summed E-state index contributed by atoms with van der Waals surface area (Å²) in [6, 6.07) is 21.5. The number of aryl methyl sites for hydroxylation is 2. The van der Waals surface area contributed by atoms with Crippen LogP contribution in [0, 0.1) is 45.3 Å². The Labute approximate surface area is 365 Å². The fourth-order valence-electron chi connectivity index (χ4n) is 14.9. The molecule has 4 fully saturated rings. The number of carbonyl (C=O) groups is 2. The number of rotatable bonds is 15. The molecule has 7 nitrogen and oxygen atoms in total. The van der Waals surface area contributed by atoms with E-state index in [4.69, 9.17) is 9.47 Å². The van der Waals surface area contributed by atoms with E-state index < -0.39 is 45.6 Å². The minimum absolute atomic E-state index is 0.190. The topological polar surface area (TPSA) is 113 Å². The molecule has 61 heavy (non-hydrogen) atoms. The molecule has 6 aliphatic rings. The minimum Gasteiger partial charge on any atom is -0.462 e. The van der Waals surface area contributed by atoms with Gasteiger partial charge in [0.2, 0.25) is 0 Å². The van der Waals surface area contributed by atoms with Gasteiger partial charge in [-0.3, -0.25) is 4.79 Å². The number of fused-ring (bicyclic) bond motifs is 1. The fourth-order valence-corrected chi connectivity index (χ4v) is 14.9. The highest BCUT2D eigenvalue weighted by Gasteiger charge is 2.81. The molecular weight excluding hydrogens is 761 g/mol. The summed E-state index contributed by atoms with van der Waals surface area (Å²) in [6.45, 7) is 8.32. The van der Waals surface area contributed by atoms with E-state index in [9.17, 15) is 24.9 Å². The number of cyclic esters (lactones) is 1. The van der Waals surface area contributed by atoms with Crippen LogP contribution in [0.5, 0.6) is 0 Å². The Morgan fingerprint density at radius 1 is 0.836 bits per heavy atom. The predicted octanol–water partition coefficient (Wildman–Crippen LogP) is 10.4. The van der Waals surface area contributed by atoms with E-state index in [1.807, 2.05) is 25.1 Å². The molecule has 1 aliphatic heterocycles. The first-order chi connectivity index (χ1) is 29.1. The van der Waals surface area contributed by atoms with Crippen molar-refractivity contribution in [2.45, 2.75) is 173 Å². The van der Waals surface area contributed by atoms with Crippen molar-refractivity contribution in [3.05, 3.63) is 95.6 Å². The zero-order valence-electron chi connectivity index (χ0n) is 37.6. The van der Waals surface area contributed by atoms with Crippen LogP contribution in [-0.4, -0.2) is 57.3 Å². The summed E-state index contributed by atoms with van der Waals surface area (Å²) in [5, 5.41) is 40.7. The molecule has 1 heterocycles. The molecule has 2 aromatic carbocycles. The lowest BCUT2D eigenvalue weighted by Gasteiger charge is -2.76. The highest BCUT2D eigenvalue weighted by atomic mass is 16.5. The lowest BCUT2D eigenvalue weighted by atomic mass is 9.31. The first kappa shape index (κ1) is 44.4. The van der Waals surface area contributed by atoms with Gasteiger partial charge in [-0.15, -0.1) is 0 Å². The molecule has 2 bridgehead atoms. The van der Waals surface area contributed by atoms with E-state index in [1.165, 1.54) is 62.7 Å². The van der Waals surface area contributed by atoms with Gasteiger partial charge in [0.05, 0.1) is 22.7 Å². The third-order valence-corrected chi connectivity index (χ3v) is 18.1. The van der Waals surface area contributed by atoms with Crippen molar-refractivity contribution in [2.24, 2.45) is 45.3 Å². The van der Waals surface area contributed by atoms with E-state index in [1.54, 1.807) is 0 Å². The van der Waals surface area contributed by atoms with E-state index in [0.717, 1.165) is 62.9 Å². The molecule has 7 heteroatoms. The maximum absolute atomic E-state index is 14.0. The summed E-state index contributed by atoms with van der Waals surface area (Å²) in [6.07, 6.45) is 21.0. The summed E-state index contributed by atoms with van der Waals surface area (Å²) in [5.41, 5.74) is -2.01. The second kappa shape index (κ2) is 17.4. The molecule has 0 unspecified atom stereocenters. The van der Waals surface area contributed by atoms with Gasteiger partial charge < -0.3 is 24.8 Å². The molecule has 4 saturated carbocycles. The van der Waals surface area contributed by atoms with E-state index in [-0.39, 0.29) is 30.9 Å². The molecule has 0 radical (unpaired) electrons. The number of hydrogen-bond donors (Lipinski definition) is 3. The summed E-state index contributed by atoms with van der Waals surface area (Å²) < 4.78 is 11.8. The van der Waals surface area contributed by atoms with Gasteiger partial charge in [0.15, 0.2) is 0 Å². The lowest BCUT2D eigenvalue weighted by Crippen LogP contribution is -2.83. The smallest absolute Gasteiger partial charge is 0.331 e. The largest absolute Gasteiger partial charge is 0.462 e. The fraction of sp³-hybridized carbons (Fsp3) is 0.667. The third kappa shape index (κ3) is 8.12. The van der Waals surface area contributed by atoms with Crippen molar-refractivity contribution >= 4 is 11.9 Å². The van der Waals surface area contributed by atoms with E-state index in [0.29, 0.717) is 37.0 Å². The summed E-state index contributed by atoms with van der Waals surface area (Å²) in [4.78, 5) is 25.4. The molecule has 332 valence electrons. The van der Waals surface area contributed by atoms with Crippen molar-refractivity contribution < 1.29 is 34.4 Å². The molecule has 0 aromatic heterocycles. The first-order valence-corrected chi connectivity index (χ1v) is 24.1. The molecule has 2 spiro atoms.